The largest absolute Gasteiger partial charge is 0.478 e. The van der Waals surface area contributed by atoms with Gasteiger partial charge < -0.3 is 10.0 Å². The summed E-state index contributed by atoms with van der Waals surface area (Å²) < 4.78 is 0. The summed E-state index contributed by atoms with van der Waals surface area (Å²) in [5.41, 5.74) is 1.30. The van der Waals surface area contributed by atoms with Gasteiger partial charge in [0, 0.05) is 25.2 Å². The van der Waals surface area contributed by atoms with Gasteiger partial charge in [-0.2, -0.15) is 0 Å². The van der Waals surface area contributed by atoms with Gasteiger partial charge in [0.2, 0.25) is 0 Å². The fraction of sp³-hybridized carbons (Fsp3) is 0.250. The minimum Gasteiger partial charge on any atom is -0.478 e. The van der Waals surface area contributed by atoms with E-state index in [1.165, 1.54) is 12.3 Å². The number of carboxylic acid groups (broad SMARTS) is 1. The Kier molecular flexibility index (Phi) is 3.01. The van der Waals surface area contributed by atoms with Crippen molar-refractivity contribution in [2.24, 2.45) is 0 Å². The van der Waals surface area contributed by atoms with Crippen LogP contribution in [0, 0.1) is 10.1 Å². The molecular weight excluding hydrogens is 236 g/mol. The molecule has 0 amide bonds. The van der Waals surface area contributed by atoms with Crippen LogP contribution < -0.4 is 4.90 Å². The number of hydrogen-bond acceptors (Lipinski definition) is 4. The predicted octanol–water partition coefficient (Wildman–Crippen LogP) is 1.95. The monoisotopic (exact) mass is 248 g/mol. The predicted molar refractivity (Wildman–Crippen MR) is 65.5 cm³/mol. The van der Waals surface area contributed by atoms with Gasteiger partial charge in [-0.3, -0.25) is 10.1 Å². The standard InChI is InChI=1S/C12H12N2O4/c1-2-13-7-8(12(15)16)6-9-10(13)4-3-5-11(9)14(17)18/h3-5,7H,2,6H2,1H3,(H,15,16). The van der Waals surface area contributed by atoms with Crippen molar-refractivity contribution in [3.63, 3.8) is 0 Å². The third kappa shape index (κ3) is 1.92. The maximum Gasteiger partial charge on any atom is 0.333 e. The topological polar surface area (TPSA) is 83.7 Å². The molecular formula is C12H12N2O4. The van der Waals surface area contributed by atoms with Gasteiger partial charge in [0.05, 0.1) is 21.7 Å². The van der Waals surface area contributed by atoms with Gasteiger partial charge in [-0.1, -0.05) is 6.07 Å². The van der Waals surface area contributed by atoms with E-state index in [1.54, 1.807) is 17.0 Å². The lowest BCUT2D eigenvalue weighted by molar-refractivity contribution is -0.385. The fourth-order valence-corrected chi connectivity index (χ4v) is 2.07. The van der Waals surface area contributed by atoms with Crippen molar-refractivity contribution in [2.75, 3.05) is 11.4 Å². The smallest absolute Gasteiger partial charge is 0.333 e. The second kappa shape index (κ2) is 4.48. The van der Waals surface area contributed by atoms with Gasteiger partial charge in [-0.25, -0.2) is 4.79 Å². The van der Waals surface area contributed by atoms with Crippen LogP contribution in [-0.4, -0.2) is 22.5 Å². The summed E-state index contributed by atoms with van der Waals surface area (Å²) in [7, 11) is 0. The number of hydrogen-bond donors (Lipinski definition) is 1. The van der Waals surface area contributed by atoms with E-state index >= 15 is 0 Å². The molecule has 18 heavy (non-hydrogen) atoms. The molecule has 94 valence electrons. The number of fused-ring (bicyclic) bond motifs is 1. The maximum atomic E-state index is 11.0. The first-order chi connectivity index (χ1) is 8.54. The number of anilines is 1. The van der Waals surface area contributed by atoms with Crippen molar-refractivity contribution in [3.8, 4) is 0 Å². The van der Waals surface area contributed by atoms with Crippen LogP contribution in [0.3, 0.4) is 0 Å². The van der Waals surface area contributed by atoms with Crippen LogP contribution in [0.25, 0.3) is 0 Å². The highest BCUT2D eigenvalue weighted by Gasteiger charge is 2.26. The first-order valence-electron chi connectivity index (χ1n) is 5.51. The molecule has 6 heteroatoms. The number of benzene rings is 1. The molecule has 0 fully saturated rings. The molecule has 1 N–H and O–H groups in total. The second-order valence-corrected chi connectivity index (χ2v) is 3.95. The molecule has 0 aromatic heterocycles. The lowest BCUT2D eigenvalue weighted by atomic mass is 9.98. The van der Waals surface area contributed by atoms with Gasteiger partial charge >= 0.3 is 5.97 Å². The highest BCUT2D eigenvalue weighted by molar-refractivity contribution is 5.90. The van der Waals surface area contributed by atoms with Crippen molar-refractivity contribution >= 4 is 17.3 Å². The molecule has 1 heterocycles. The molecule has 0 bridgehead atoms. The van der Waals surface area contributed by atoms with Crippen molar-refractivity contribution in [3.05, 3.63) is 45.6 Å². The van der Waals surface area contributed by atoms with Crippen LogP contribution in [0.4, 0.5) is 11.4 Å². The van der Waals surface area contributed by atoms with E-state index in [0.717, 1.165) is 0 Å². The molecule has 2 rings (SSSR count). The number of carboxylic acids is 1. The molecule has 0 radical (unpaired) electrons. The third-order valence-electron chi connectivity index (χ3n) is 2.93. The average Bonchev–Trinajstić information content (AvgIpc) is 2.36. The molecule has 1 aliphatic heterocycles. The Bertz CT molecular complexity index is 551. The van der Waals surface area contributed by atoms with E-state index in [-0.39, 0.29) is 17.7 Å². The third-order valence-corrected chi connectivity index (χ3v) is 2.93. The van der Waals surface area contributed by atoms with Crippen molar-refractivity contribution in [1.29, 1.82) is 0 Å². The van der Waals surface area contributed by atoms with Gasteiger partial charge in [-0.15, -0.1) is 0 Å². The van der Waals surface area contributed by atoms with Crippen LogP contribution in [0.15, 0.2) is 30.0 Å². The van der Waals surface area contributed by atoms with Gasteiger partial charge in [-0.05, 0) is 13.0 Å². The quantitative estimate of drug-likeness (QED) is 0.652. The molecule has 0 aliphatic carbocycles. The summed E-state index contributed by atoms with van der Waals surface area (Å²) in [5, 5.41) is 20.0. The number of aliphatic carboxylic acids is 1. The zero-order valence-electron chi connectivity index (χ0n) is 9.79. The summed E-state index contributed by atoms with van der Waals surface area (Å²) in [6.45, 7) is 2.43. The first kappa shape index (κ1) is 12.1. The molecule has 6 nitrogen and oxygen atoms in total. The molecule has 1 aliphatic rings. The zero-order valence-corrected chi connectivity index (χ0v) is 9.79. The Morgan fingerprint density at radius 3 is 2.83 bits per heavy atom. The molecule has 1 aromatic carbocycles. The van der Waals surface area contributed by atoms with E-state index in [2.05, 4.69) is 0 Å². The van der Waals surface area contributed by atoms with Crippen LogP contribution in [0.1, 0.15) is 12.5 Å². The lowest BCUT2D eigenvalue weighted by Gasteiger charge is -2.26. The summed E-state index contributed by atoms with van der Waals surface area (Å²) in [4.78, 5) is 23.2. The van der Waals surface area contributed by atoms with Crippen LogP contribution in [0.2, 0.25) is 0 Å². The zero-order chi connectivity index (χ0) is 13.3. The number of nitro groups is 1. The summed E-state index contributed by atoms with van der Waals surface area (Å²) in [6.07, 6.45) is 1.62. The van der Waals surface area contributed by atoms with E-state index in [0.29, 0.717) is 17.8 Å². The maximum absolute atomic E-state index is 11.0. The van der Waals surface area contributed by atoms with E-state index in [9.17, 15) is 14.9 Å². The Balaban J connectivity index is 2.57. The summed E-state index contributed by atoms with van der Waals surface area (Å²) >= 11 is 0. The molecule has 0 unspecified atom stereocenters. The number of carbonyl (C=O) groups is 1. The molecule has 0 saturated heterocycles. The van der Waals surface area contributed by atoms with Crippen molar-refractivity contribution < 1.29 is 14.8 Å². The highest BCUT2D eigenvalue weighted by Crippen LogP contribution is 2.35. The highest BCUT2D eigenvalue weighted by atomic mass is 16.6. The number of rotatable bonds is 3. The minimum absolute atomic E-state index is 0.0298. The number of nitro benzene ring substituents is 1. The Hall–Kier alpha value is -2.37. The summed E-state index contributed by atoms with van der Waals surface area (Å²) in [5.74, 6) is -1.04. The van der Waals surface area contributed by atoms with Crippen LogP contribution >= 0.6 is 0 Å². The normalized spacial score (nSPS) is 13.8. The van der Waals surface area contributed by atoms with E-state index < -0.39 is 10.9 Å². The van der Waals surface area contributed by atoms with Crippen LogP contribution in [-0.2, 0) is 11.2 Å². The van der Waals surface area contributed by atoms with Gasteiger partial charge in [0.1, 0.15) is 0 Å². The molecule has 0 spiro atoms. The molecule has 0 saturated carbocycles. The lowest BCUT2D eigenvalue weighted by Crippen LogP contribution is -2.24. The Labute approximate surface area is 103 Å². The SMILES string of the molecule is CCN1C=C(C(=O)O)Cc2c1cccc2[N+](=O)[O-]. The fourth-order valence-electron chi connectivity index (χ4n) is 2.07. The van der Waals surface area contributed by atoms with Crippen LogP contribution in [0.5, 0.6) is 0 Å². The van der Waals surface area contributed by atoms with Crippen molar-refractivity contribution in [2.45, 2.75) is 13.3 Å². The van der Waals surface area contributed by atoms with Gasteiger partial charge in [0.25, 0.3) is 5.69 Å². The van der Waals surface area contributed by atoms with Gasteiger partial charge in [0.15, 0.2) is 0 Å². The Morgan fingerprint density at radius 1 is 1.56 bits per heavy atom. The van der Waals surface area contributed by atoms with E-state index in [4.69, 9.17) is 5.11 Å². The first-order valence-corrected chi connectivity index (χ1v) is 5.51. The summed E-state index contributed by atoms with van der Waals surface area (Å²) in [6, 6.07) is 4.78. The van der Waals surface area contributed by atoms with Crippen molar-refractivity contribution in [1.82, 2.24) is 0 Å². The molecule has 0 atom stereocenters. The minimum atomic E-state index is -1.04. The Morgan fingerprint density at radius 2 is 2.28 bits per heavy atom. The molecule has 1 aromatic rings. The second-order valence-electron chi connectivity index (χ2n) is 3.95. The average molecular weight is 248 g/mol. The van der Waals surface area contributed by atoms with E-state index in [1.807, 2.05) is 6.92 Å². The number of nitrogens with zero attached hydrogens (tertiary/aromatic N) is 2.